The summed E-state index contributed by atoms with van der Waals surface area (Å²) in [6.07, 6.45) is 0.879. The highest BCUT2D eigenvalue weighted by molar-refractivity contribution is 6.30. The average molecular weight is 593 g/mol. The molecule has 0 bridgehead atoms. The molecule has 0 aromatic heterocycles. The Morgan fingerprint density at radius 1 is 1.05 bits per heavy atom. The van der Waals surface area contributed by atoms with Gasteiger partial charge in [-0.3, -0.25) is 9.59 Å². The number of anilines is 1. The summed E-state index contributed by atoms with van der Waals surface area (Å²) < 4.78 is 0.666. The lowest BCUT2D eigenvalue weighted by Crippen LogP contribution is -2.56. The number of halogens is 1. The summed E-state index contributed by atoms with van der Waals surface area (Å²) in [6.45, 7) is 5.91. The molecule has 4 rings (SSSR count). The number of aromatic hydroxyl groups is 1. The fourth-order valence-corrected chi connectivity index (χ4v) is 5.80. The van der Waals surface area contributed by atoms with E-state index in [1.165, 1.54) is 0 Å². The molecule has 0 saturated carbocycles. The zero-order valence-corrected chi connectivity index (χ0v) is 25.0. The second kappa shape index (κ2) is 13.3. The van der Waals surface area contributed by atoms with Gasteiger partial charge in [-0.25, -0.2) is 4.79 Å². The highest BCUT2D eigenvalue weighted by atomic mass is 35.5. The van der Waals surface area contributed by atoms with Crippen LogP contribution in [0.2, 0.25) is 5.02 Å². The number of rotatable bonds is 10. The van der Waals surface area contributed by atoms with Crippen LogP contribution in [0.5, 0.6) is 5.75 Å². The second-order valence-corrected chi connectivity index (χ2v) is 12.0. The maximum atomic E-state index is 13.9. The number of primary amides is 1. The molecular weight excluding hydrogens is 554 g/mol. The smallest absolute Gasteiger partial charge is 0.323 e. The van der Waals surface area contributed by atoms with E-state index in [9.17, 15) is 19.5 Å². The SMILES string of the molecule is CC(C)NC(=O)c1ccc(NC(=O)N([C@@H]2CC[N+](C)(Cc3cccc(Cl)c3)C2)[C@@H](Cc2ccc(O)cc2)C(N)=O)cc1. The molecule has 222 valence electrons. The van der Waals surface area contributed by atoms with Crippen LogP contribution in [0.3, 0.4) is 0 Å². The zero-order chi connectivity index (χ0) is 30.4. The topological polar surface area (TPSA) is 125 Å². The van der Waals surface area contributed by atoms with Gasteiger partial charge in [-0.2, -0.15) is 0 Å². The van der Waals surface area contributed by atoms with Crippen molar-refractivity contribution < 1.29 is 24.0 Å². The van der Waals surface area contributed by atoms with Crippen LogP contribution in [-0.2, 0) is 17.8 Å². The normalized spacial score (nSPS) is 18.8. The van der Waals surface area contributed by atoms with Crippen LogP contribution in [-0.4, -0.2) is 70.6 Å². The summed E-state index contributed by atoms with van der Waals surface area (Å²) in [5.41, 5.74) is 8.78. The fourth-order valence-electron chi connectivity index (χ4n) is 5.59. The maximum absolute atomic E-state index is 13.9. The van der Waals surface area contributed by atoms with Crippen molar-refractivity contribution in [3.63, 3.8) is 0 Å². The molecule has 42 heavy (non-hydrogen) atoms. The van der Waals surface area contributed by atoms with E-state index in [0.717, 1.165) is 24.2 Å². The third-order valence-electron chi connectivity index (χ3n) is 7.58. The molecule has 3 atom stereocenters. The summed E-state index contributed by atoms with van der Waals surface area (Å²) >= 11 is 6.23. The molecule has 1 heterocycles. The first-order chi connectivity index (χ1) is 19.9. The molecular formula is C32H39ClN5O4+. The molecule has 1 unspecified atom stereocenters. The van der Waals surface area contributed by atoms with Crippen molar-refractivity contribution >= 4 is 35.1 Å². The maximum Gasteiger partial charge on any atom is 0.323 e. The Hall–Kier alpha value is -4.08. The highest BCUT2D eigenvalue weighted by Crippen LogP contribution is 2.28. The predicted octanol–water partition coefficient (Wildman–Crippen LogP) is 4.53. The number of amides is 4. The van der Waals surface area contributed by atoms with Crippen molar-refractivity contribution in [2.45, 2.75) is 51.4 Å². The molecule has 3 aromatic carbocycles. The number of phenols is 1. The first-order valence-corrected chi connectivity index (χ1v) is 14.5. The fraction of sp³-hybridized carbons (Fsp3) is 0.344. The van der Waals surface area contributed by atoms with Crippen LogP contribution < -0.4 is 16.4 Å². The minimum atomic E-state index is -0.923. The van der Waals surface area contributed by atoms with E-state index in [0.29, 0.717) is 33.7 Å². The van der Waals surface area contributed by atoms with Crippen LogP contribution >= 0.6 is 11.6 Å². The van der Waals surface area contributed by atoms with E-state index >= 15 is 0 Å². The van der Waals surface area contributed by atoms with Crippen LogP contribution in [0.1, 0.15) is 41.8 Å². The van der Waals surface area contributed by atoms with E-state index < -0.39 is 18.0 Å². The molecule has 0 spiro atoms. The van der Waals surface area contributed by atoms with E-state index in [4.69, 9.17) is 17.3 Å². The number of likely N-dealkylation sites (N-methyl/N-ethyl adjacent to an activating group) is 1. The van der Waals surface area contributed by atoms with Gasteiger partial charge in [0.15, 0.2) is 0 Å². The molecule has 9 nitrogen and oxygen atoms in total. The summed E-state index contributed by atoms with van der Waals surface area (Å²) in [4.78, 5) is 40.8. The quantitative estimate of drug-likeness (QED) is 0.258. The first-order valence-electron chi connectivity index (χ1n) is 14.1. The third-order valence-corrected chi connectivity index (χ3v) is 7.82. The molecule has 5 N–H and O–H groups in total. The predicted molar refractivity (Wildman–Crippen MR) is 164 cm³/mol. The summed E-state index contributed by atoms with van der Waals surface area (Å²) in [5, 5.41) is 16.2. The standard InChI is InChI=1S/C32H38ClN5O4/c1-21(2)35-31(41)24-9-11-26(12-10-24)36-32(42)37(29(30(34)40)18-22-7-13-28(39)14-8-22)27-15-16-38(3,20-27)19-23-5-4-6-25(33)17-23/h4-14,17,21,27,29H,15-16,18-20H2,1-3H3,(H4-,34,35,36,39,40,41,42)/p+1/t27-,29+,38?/m1/s1. The number of carbonyl (C=O) groups excluding carboxylic acids is 3. The van der Waals surface area contributed by atoms with Gasteiger partial charge < -0.3 is 30.9 Å². The molecule has 1 saturated heterocycles. The Balaban J connectivity index is 1.59. The van der Waals surface area contributed by atoms with Gasteiger partial charge in [-0.15, -0.1) is 0 Å². The molecule has 1 aliphatic heterocycles. The largest absolute Gasteiger partial charge is 0.508 e. The Bertz CT molecular complexity index is 1410. The number of urea groups is 1. The Morgan fingerprint density at radius 2 is 1.74 bits per heavy atom. The Morgan fingerprint density at radius 3 is 2.36 bits per heavy atom. The molecule has 4 amide bonds. The number of hydrogen-bond donors (Lipinski definition) is 4. The number of phenolic OH excluding ortho intramolecular Hbond substituents is 1. The molecule has 0 radical (unpaired) electrons. The number of quaternary nitrogens is 1. The van der Waals surface area contributed by atoms with Gasteiger partial charge in [0.25, 0.3) is 5.91 Å². The van der Waals surface area contributed by atoms with Crippen LogP contribution in [0.15, 0.2) is 72.8 Å². The first kappa shape index (κ1) is 30.9. The molecule has 1 fully saturated rings. The molecule has 10 heteroatoms. The number of nitrogens with zero attached hydrogens (tertiary/aromatic N) is 2. The number of likely N-dealkylation sites (tertiary alicyclic amines) is 1. The minimum absolute atomic E-state index is 0.000807. The van der Waals surface area contributed by atoms with E-state index in [1.54, 1.807) is 53.4 Å². The van der Waals surface area contributed by atoms with Crippen molar-refractivity contribution in [1.82, 2.24) is 10.2 Å². The van der Waals surface area contributed by atoms with Crippen molar-refractivity contribution in [3.05, 3.63) is 94.5 Å². The number of benzene rings is 3. The van der Waals surface area contributed by atoms with Gasteiger partial charge in [0.05, 0.1) is 26.2 Å². The van der Waals surface area contributed by atoms with Crippen LogP contribution in [0.4, 0.5) is 10.5 Å². The van der Waals surface area contributed by atoms with Gasteiger partial charge >= 0.3 is 6.03 Å². The van der Waals surface area contributed by atoms with Gasteiger partial charge in [-0.05, 0) is 67.9 Å². The molecule has 1 aliphatic rings. The van der Waals surface area contributed by atoms with Gasteiger partial charge in [0.2, 0.25) is 5.91 Å². The van der Waals surface area contributed by atoms with E-state index in [-0.39, 0.29) is 30.2 Å². The lowest BCUT2D eigenvalue weighted by Gasteiger charge is -2.36. The second-order valence-electron chi connectivity index (χ2n) is 11.6. The molecule has 0 aliphatic carbocycles. The van der Waals surface area contributed by atoms with Crippen molar-refractivity contribution in [2.75, 3.05) is 25.5 Å². The van der Waals surface area contributed by atoms with Gasteiger partial charge in [-0.1, -0.05) is 35.9 Å². The van der Waals surface area contributed by atoms with E-state index in [1.807, 2.05) is 38.1 Å². The number of carbonyl (C=O) groups is 3. The summed E-state index contributed by atoms with van der Waals surface area (Å²) in [7, 11) is 2.14. The summed E-state index contributed by atoms with van der Waals surface area (Å²) in [5.74, 6) is -0.704. The summed E-state index contributed by atoms with van der Waals surface area (Å²) in [6, 6.07) is 19.3. The lowest BCUT2D eigenvalue weighted by molar-refractivity contribution is -0.911. The molecule has 3 aromatic rings. The zero-order valence-electron chi connectivity index (χ0n) is 24.2. The van der Waals surface area contributed by atoms with Crippen LogP contribution in [0.25, 0.3) is 0 Å². The average Bonchev–Trinajstić information content (AvgIpc) is 3.30. The lowest BCUT2D eigenvalue weighted by atomic mass is 10.0. The highest BCUT2D eigenvalue weighted by Gasteiger charge is 2.43. The van der Waals surface area contributed by atoms with Gasteiger partial charge in [0, 0.05) is 40.7 Å². The number of nitrogens with one attached hydrogen (secondary N) is 2. The minimum Gasteiger partial charge on any atom is -0.508 e. The van der Waals surface area contributed by atoms with Crippen LogP contribution in [0, 0.1) is 0 Å². The number of nitrogens with two attached hydrogens (primary N) is 1. The third kappa shape index (κ3) is 8.02. The van der Waals surface area contributed by atoms with Gasteiger partial charge in [0.1, 0.15) is 18.3 Å². The Labute approximate surface area is 251 Å². The van der Waals surface area contributed by atoms with E-state index in [2.05, 4.69) is 17.7 Å². The number of hydrogen-bond acceptors (Lipinski definition) is 4. The Kier molecular flexibility index (Phi) is 9.75. The van der Waals surface area contributed by atoms with Crippen molar-refractivity contribution in [1.29, 1.82) is 0 Å². The van der Waals surface area contributed by atoms with Crippen molar-refractivity contribution in [3.8, 4) is 5.75 Å². The van der Waals surface area contributed by atoms with Crippen molar-refractivity contribution in [2.24, 2.45) is 5.73 Å². The monoisotopic (exact) mass is 592 g/mol.